The van der Waals surface area contributed by atoms with E-state index in [1.807, 2.05) is 0 Å². The first-order valence-electron chi connectivity index (χ1n) is 4.78. The van der Waals surface area contributed by atoms with Crippen LogP contribution in [0.2, 0.25) is 10.3 Å². The monoisotopic (exact) mass is 271 g/mol. The summed E-state index contributed by atoms with van der Waals surface area (Å²) >= 11 is 11.3. The van der Waals surface area contributed by atoms with E-state index >= 15 is 0 Å². The second-order valence-corrected chi connectivity index (χ2v) is 4.16. The zero-order chi connectivity index (χ0) is 12.4. The molecule has 2 aromatic rings. The van der Waals surface area contributed by atoms with Crippen LogP contribution >= 0.6 is 23.2 Å². The summed E-state index contributed by atoms with van der Waals surface area (Å²) in [6.45, 7) is 1.79. The van der Waals surface area contributed by atoms with Crippen LogP contribution in [0.5, 0.6) is 0 Å². The minimum Gasteiger partial charge on any atom is -0.340 e. The Balaban J connectivity index is 2.28. The number of nitrogens with one attached hydrogen (secondary N) is 1. The molecule has 1 N–H and O–H groups in total. The van der Waals surface area contributed by atoms with Gasteiger partial charge in [-0.2, -0.15) is 0 Å². The largest absolute Gasteiger partial charge is 0.340 e. The number of hydrogen-bond donors (Lipinski definition) is 1. The van der Waals surface area contributed by atoms with Crippen molar-refractivity contribution in [1.82, 2.24) is 9.97 Å². The number of aromatic nitrogens is 2. The predicted octanol–water partition coefficient (Wildman–Crippen LogP) is 3.97. The summed E-state index contributed by atoms with van der Waals surface area (Å²) in [4.78, 5) is 7.90. The normalized spacial score (nSPS) is 10.4. The number of anilines is 2. The quantitative estimate of drug-likeness (QED) is 0.840. The summed E-state index contributed by atoms with van der Waals surface area (Å²) in [6, 6.07) is 6.11. The van der Waals surface area contributed by atoms with Gasteiger partial charge in [-0.1, -0.05) is 11.6 Å². The first-order valence-corrected chi connectivity index (χ1v) is 5.53. The lowest BCUT2D eigenvalue weighted by molar-refractivity contribution is 0.629. The molecule has 0 spiro atoms. The van der Waals surface area contributed by atoms with Crippen LogP contribution in [0.4, 0.5) is 15.9 Å². The molecule has 0 bridgehead atoms. The van der Waals surface area contributed by atoms with Gasteiger partial charge in [0.05, 0.1) is 5.02 Å². The van der Waals surface area contributed by atoms with Gasteiger partial charge in [0.1, 0.15) is 11.6 Å². The van der Waals surface area contributed by atoms with Crippen LogP contribution < -0.4 is 5.32 Å². The molecule has 0 saturated carbocycles. The van der Waals surface area contributed by atoms with Crippen molar-refractivity contribution in [3.63, 3.8) is 0 Å². The standard InChI is InChI=1S/C11H8Cl2FN3/c1-6-4-10(17-11(13)15-6)16-7-2-3-8(12)9(14)5-7/h2-5H,1H3,(H,15,16,17). The van der Waals surface area contributed by atoms with Gasteiger partial charge in [-0.05, 0) is 36.7 Å². The third-order valence-electron chi connectivity index (χ3n) is 2.02. The van der Waals surface area contributed by atoms with E-state index in [9.17, 15) is 4.39 Å². The van der Waals surface area contributed by atoms with Gasteiger partial charge in [-0.15, -0.1) is 0 Å². The number of rotatable bonds is 2. The van der Waals surface area contributed by atoms with Crippen LogP contribution in [0.1, 0.15) is 5.69 Å². The summed E-state index contributed by atoms with van der Waals surface area (Å²) in [7, 11) is 0. The molecule has 0 aliphatic rings. The number of aryl methyl sites for hydroxylation is 1. The zero-order valence-electron chi connectivity index (χ0n) is 8.84. The maximum absolute atomic E-state index is 13.2. The average molecular weight is 272 g/mol. The first-order chi connectivity index (χ1) is 8.04. The number of nitrogens with zero attached hydrogens (tertiary/aromatic N) is 2. The van der Waals surface area contributed by atoms with Gasteiger partial charge in [0.25, 0.3) is 0 Å². The molecular formula is C11H8Cl2FN3. The molecule has 0 saturated heterocycles. The number of hydrogen-bond acceptors (Lipinski definition) is 3. The fourth-order valence-corrected chi connectivity index (χ4v) is 1.66. The highest BCUT2D eigenvalue weighted by Crippen LogP contribution is 2.21. The topological polar surface area (TPSA) is 37.8 Å². The van der Waals surface area contributed by atoms with E-state index < -0.39 is 5.82 Å². The van der Waals surface area contributed by atoms with Crippen molar-refractivity contribution in [1.29, 1.82) is 0 Å². The number of halogens is 3. The van der Waals surface area contributed by atoms with Crippen molar-refractivity contribution in [3.05, 3.63) is 46.1 Å². The van der Waals surface area contributed by atoms with Gasteiger partial charge in [-0.25, -0.2) is 14.4 Å². The molecule has 0 unspecified atom stereocenters. The van der Waals surface area contributed by atoms with Crippen molar-refractivity contribution in [2.75, 3.05) is 5.32 Å². The van der Waals surface area contributed by atoms with E-state index in [2.05, 4.69) is 15.3 Å². The Morgan fingerprint density at radius 3 is 2.59 bits per heavy atom. The van der Waals surface area contributed by atoms with Crippen LogP contribution in [0, 0.1) is 12.7 Å². The van der Waals surface area contributed by atoms with Gasteiger partial charge in [0.2, 0.25) is 5.28 Å². The van der Waals surface area contributed by atoms with Gasteiger partial charge in [-0.3, -0.25) is 0 Å². The molecule has 0 aliphatic heterocycles. The SMILES string of the molecule is Cc1cc(Nc2ccc(Cl)c(F)c2)nc(Cl)n1. The highest BCUT2D eigenvalue weighted by Gasteiger charge is 2.03. The molecule has 0 fully saturated rings. The number of benzene rings is 1. The third kappa shape index (κ3) is 3.05. The van der Waals surface area contributed by atoms with Crippen molar-refractivity contribution in [2.45, 2.75) is 6.92 Å². The molecule has 6 heteroatoms. The lowest BCUT2D eigenvalue weighted by atomic mass is 10.3. The average Bonchev–Trinajstić information content (AvgIpc) is 2.22. The fraction of sp³-hybridized carbons (Fsp3) is 0.0909. The second kappa shape index (κ2) is 4.85. The summed E-state index contributed by atoms with van der Waals surface area (Å²) in [6.07, 6.45) is 0. The molecule has 1 aromatic carbocycles. The molecule has 88 valence electrons. The maximum Gasteiger partial charge on any atom is 0.224 e. The molecule has 17 heavy (non-hydrogen) atoms. The Labute approximate surface area is 108 Å². The fourth-order valence-electron chi connectivity index (χ4n) is 1.32. The van der Waals surface area contributed by atoms with Crippen molar-refractivity contribution in [3.8, 4) is 0 Å². The smallest absolute Gasteiger partial charge is 0.224 e. The molecule has 3 nitrogen and oxygen atoms in total. The van der Waals surface area contributed by atoms with E-state index in [4.69, 9.17) is 23.2 Å². The van der Waals surface area contributed by atoms with E-state index in [0.717, 1.165) is 5.69 Å². The Morgan fingerprint density at radius 2 is 1.94 bits per heavy atom. The minimum atomic E-state index is -0.492. The van der Waals surface area contributed by atoms with Gasteiger partial charge in [0, 0.05) is 17.4 Å². The van der Waals surface area contributed by atoms with Crippen LogP contribution in [0.25, 0.3) is 0 Å². The minimum absolute atomic E-state index is 0.0763. The summed E-state index contributed by atoms with van der Waals surface area (Å²) in [5.74, 6) is 0.0118. The third-order valence-corrected chi connectivity index (χ3v) is 2.49. The summed E-state index contributed by atoms with van der Waals surface area (Å²) in [5.41, 5.74) is 1.27. The zero-order valence-corrected chi connectivity index (χ0v) is 10.3. The highest BCUT2D eigenvalue weighted by atomic mass is 35.5. The molecule has 1 aromatic heterocycles. The van der Waals surface area contributed by atoms with Crippen molar-refractivity contribution in [2.24, 2.45) is 0 Å². The van der Waals surface area contributed by atoms with Gasteiger partial charge >= 0.3 is 0 Å². The van der Waals surface area contributed by atoms with Crippen LogP contribution in [-0.4, -0.2) is 9.97 Å². The van der Waals surface area contributed by atoms with Crippen molar-refractivity contribution < 1.29 is 4.39 Å². The van der Waals surface area contributed by atoms with Crippen molar-refractivity contribution >= 4 is 34.7 Å². The highest BCUT2D eigenvalue weighted by molar-refractivity contribution is 6.30. The summed E-state index contributed by atoms with van der Waals surface area (Å²) < 4.78 is 13.2. The Morgan fingerprint density at radius 1 is 1.18 bits per heavy atom. The molecule has 2 rings (SSSR count). The molecule has 0 aliphatic carbocycles. The summed E-state index contributed by atoms with van der Waals surface area (Å²) in [5, 5.41) is 3.14. The van der Waals surface area contributed by atoms with Crippen LogP contribution in [0.15, 0.2) is 24.3 Å². The molecule has 0 amide bonds. The van der Waals surface area contributed by atoms with E-state index in [0.29, 0.717) is 11.5 Å². The predicted molar refractivity (Wildman–Crippen MR) is 66.5 cm³/mol. The Kier molecular flexibility index (Phi) is 3.45. The molecular weight excluding hydrogens is 264 g/mol. The molecule has 0 radical (unpaired) electrons. The second-order valence-electron chi connectivity index (χ2n) is 3.42. The first kappa shape index (κ1) is 12.1. The maximum atomic E-state index is 13.2. The van der Waals surface area contributed by atoms with Crippen LogP contribution in [0.3, 0.4) is 0 Å². The Hall–Kier alpha value is -1.39. The molecule has 0 atom stereocenters. The van der Waals surface area contributed by atoms with E-state index in [-0.39, 0.29) is 10.3 Å². The Bertz CT molecular complexity index is 540. The van der Waals surface area contributed by atoms with Crippen LogP contribution in [-0.2, 0) is 0 Å². The van der Waals surface area contributed by atoms with E-state index in [1.165, 1.54) is 12.1 Å². The van der Waals surface area contributed by atoms with Gasteiger partial charge < -0.3 is 5.32 Å². The van der Waals surface area contributed by atoms with Gasteiger partial charge in [0.15, 0.2) is 0 Å². The van der Waals surface area contributed by atoms with E-state index in [1.54, 1.807) is 19.1 Å². The molecule has 1 heterocycles. The lowest BCUT2D eigenvalue weighted by Gasteiger charge is -2.07. The lowest BCUT2D eigenvalue weighted by Crippen LogP contribution is -1.97.